The Morgan fingerprint density at radius 1 is 1.10 bits per heavy atom. The number of pyridine rings is 1. The van der Waals surface area contributed by atoms with Crippen LogP contribution in [-0.4, -0.2) is 36.5 Å². The standard InChI is InChI=1S/C27H24N8O3S2/c1-27(2)10-18(21(36)30-12-16-8-15-11-29-20(28)9-19(15)39-16)35-25(38)17(13-31-26(27)35)32-22(37)24-34-33-23(40-24)14-6-4-3-5-7-14/h3-9,11,13,18H,10,12H2,1-2H3,(H2,28,29)(H,30,36)(H,32,37)/t18-/m0/s1. The maximum Gasteiger partial charge on any atom is 0.286 e. The molecule has 0 fully saturated rings. The van der Waals surface area contributed by atoms with Gasteiger partial charge in [0.15, 0.2) is 0 Å². The zero-order chi connectivity index (χ0) is 28.0. The quantitative estimate of drug-likeness (QED) is 0.278. The van der Waals surface area contributed by atoms with Crippen molar-refractivity contribution >= 4 is 56.1 Å². The summed E-state index contributed by atoms with van der Waals surface area (Å²) in [7, 11) is 0. The molecular formula is C27H24N8O3S2. The number of fused-ring (bicyclic) bond motifs is 2. The van der Waals surface area contributed by atoms with Gasteiger partial charge in [-0.2, -0.15) is 0 Å². The predicted molar refractivity (Wildman–Crippen MR) is 154 cm³/mol. The first-order chi connectivity index (χ1) is 19.2. The topological polar surface area (TPSA) is 158 Å². The molecule has 0 saturated heterocycles. The lowest BCUT2D eigenvalue weighted by Crippen LogP contribution is -2.36. The molecule has 1 atom stereocenters. The predicted octanol–water partition coefficient (Wildman–Crippen LogP) is 3.74. The monoisotopic (exact) mass is 572 g/mol. The first-order valence-corrected chi connectivity index (χ1v) is 14.1. The molecule has 1 aliphatic rings. The molecule has 40 heavy (non-hydrogen) atoms. The van der Waals surface area contributed by atoms with Gasteiger partial charge in [-0.15, -0.1) is 21.5 Å². The van der Waals surface area contributed by atoms with Crippen LogP contribution in [0.5, 0.6) is 0 Å². The van der Waals surface area contributed by atoms with Crippen LogP contribution in [0.1, 0.15) is 46.8 Å². The molecule has 0 radical (unpaired) electrons. The van der Waals surface area contributed by atoms with Crippen LogP contribution in [0.15, 0.2) is 59.7 Å². The average Bonchev–Trinajstić information content (AvgIpc) is 3.65. The Labute approximate surface area is 236 Å². The normalized spacial score (nSPS) is 15.6. The van der Waals surface area contributed by atoms with Crippen molar-refractivity contribution in [1.29, 1.82) is 0 Å². The number of thiophene rings is 1. The van der Waals surface area contributed by atoms with Gasteiger partial charge in [-0.25, -0.2) is 9.97 Å². The Balaban J connectivity index is 1.22. The second-order valence-electron chi connectivity index (χ2n) is 10.1. The van der Waals surface area contributed by atoms with E-state index in [1.54, 1.807) is 12.3 Å². The van der Waals surface area contributed by atoms with E-state index in [4.69, 9.17) is 5.73 Å². The van der Waals surface area contributed by atoms with E-state index >= 15 is 0 Å². The highest BCUT2D eigenvalue weighted by atomic mass is 32.1. The molecule has 0 unspecified atom stereocenters. The SMILES string of the molecule is CC1(C)C[C@@H](C(=O)NCc2cc3cnc(N)cc3s2)n2c1ncc(NC(=O)c1nnc(-c3ccccc3)s1)c2=O. The molecule has 6 rings (SSSR count). The van der Waals surface area contributed by atoms with E-state index in [1.807, 2.05) is 50.2 Å². The minimum Gasteiger partial charge on any atom is -0.384 e. The van der Waals surface area contributed by atoms with E-state index in [0.717, 1.165) is 31.9 Å². The van der Waals surface area contributed by atoms with E-state index in [-0.39, 0.29) is 16.6 Å². The van der Waals surface area contributed by atoms with Crippen molar-refractivity contribution in [2.24, 2.45) is 0 Å². The van der Waals surface area contributed by atoms with Crippen LogP contribution in [0, 0.1) is 0 Å². The lowest BCUT2D eigenvalue weighted by Gasteiger charge is -2.16. The fourth-order valence-corrected chi connectivity index (χ4v) is 6.56. The van der Waals surface area contributed by atoms with Gasteiger partial charge in [0.05, 0.1) is 12.7 Å². The molecule has 4 aromatic heterocycles. The molecule has 1 aliphatic heterocycles. The molecule has 4 N–H and O–H groups in total. The van der Waals surface area contributed by atoms with Crippen molar-refractivity contribution in [3.63, 3.8) is 0 Å². The van der Waals surface area contributed by atoms with Crippen LogP contribution in [0.4, 0.5) is 11.5 Å². The maximum absolute atomic E-state index is 13.6. The maximum atomic E-state index is 13.6. The number of rotatable bonds is 6. The largest absolute Gasteiger partial charge is 0.384 e. The number of nitrogens with two attached hydrogens (primary N) is 1. The van der Waals surface area contributed by atoms with Gasteiger partial charge in [0.25, 0.3) is 11.5 Å². The Bertz CT molecular complexity index is 1830. The fraction of sp³-hybridized carbons (Fsp3) is 0.222. The van der Waals surface area contributed by atoms with Crippen LogP contribution in [0.2, 0.25) is 0 Å². The van der Waals surface area contributed by atoms with Gasteiger partial charge in [0, 0.05) is 32.1 Å². The van der Waals surface area contributed by atoms with Gasteiger partial charge >= 0.3 is 0 Å². The van der Waals surface area contributed by atoms with Gasteiger partial charge in [-0.05, 0) is 18.6 Å². The smallest absolute Gasteiger partial charge is 0.286 e. The van der Waals surface area contributed by atoms with Crippen LogP contribution in [0.3, 0.4) is 0 Å². The average molecular weight is 573 g/mol. The van der Waals surface area contributed by atoms with Gasteiger partial charge < -0.3 is 16.4 Å². The molecule has 0 spiro atoms. The number of aromatic nitrogens is 5. The summed E-state index contributed by atoms with van der Waals surface area (Å²) in [6.45, 7) is 4.17. The second-order valence-corrected chi connectivity index (χ2v) is 12.2. The van der Waals surface area contributed by atoms with Crippen molar-refractivity contribution in [3.05, 3.63) is 80.9 Å². The zero-order valence-corrected chi connectivity index (χ0v) is 23.2. The van der Waals surface area contributed by atoms with Crippen LogP contribution >= 0.6 is 22.7 Å². The van der Waals surface area contributed by atoms with Crippen molar-refractivity contribution in [2.75, 3.05) is 11.1 Å². The summed E-state index contributed by atoms with van der Waals surface area (Å²) in [6.07, 6.45) is 3.43. The minimum atomic E-state index is -0.778. The summed E-state index contributed by atoms with van der Waals surface area (Å²) in [5, 5.41) is 15.3. The Morgan fingerprint density at radius 3 is 2.70 bits per heavy atom. The number of hydrogen-bond donors (Lipinski definition) is 3. The number of nitrogen functional groups attached to an aromatic ring is 1. The van der Waals surface area contributed by atoms with E-state index in [9.17, 15) is 14.4 Å². The molecule has 11 nitrogen and oxygen atoms in total. The summed E-state index contributed by atoms with van der Waals surface area (Å²) >= 11 is 2.64. The number of benzene rings is 1. The van der Waals surface area contributed by atoms with Crippen LogP contribution in [0.25, 0.3) is 20.7 Å². The molecule has 0 aliphatic carbocycles. The third-order valence-electron chi connectivity index (χ3n) is 6.72. The van der Waals surface area contributed by atoms with Crippen molar-refractivity contribution in [2.45, 2.75) is 38.3 Å². The summed E-state index contributed by atoms with van der Waals surface area (Å²) in [5.41, 5.74) is 5.57. The molecule has 13 heteroatoms. The van der Waals surface area contributed by atoms with Crippen LogP contribution in [-0.2, 0) is 16.8 Å². The third-order valence-corrected chi connectivity index (χ3v) is 8.78. The summed E-state index contributed by atoms with van der Waals surface area (Å²) < 4.78 is 2.37. The highest BCUT2D eigenvalue weighted by molar-refractivity contribution is 7.19. The summed E-state index contributed by atoms with van der Waals surface area (Å²) in [6, 6.07) is 12.4. The van der Waals surface area contributed by atoms with E-state index in [0.29, 0.717) is 29.6 Å². The molecule has 5 heterocycles. The molecular weight excluding hydrogens is 548 g/mol. The number of nitrogens with one attached hydrogen (secondary N) is 2. The minimum absolute atomic E-state index is 0.0321. The lowest BCUT2D eigenvalue weighted by atomic mass is 9.89. The van der Waals surface area contributed by atoms with Crippen molar-refractivity contribution in [3.8, 4) is 10.6 Å². The van der Waals surface area contributed by atoms with Crippen LogP contribution < -0.4 is 21.9 Å². The Morgan fingerprint density at radius 2 is 1.90 bits per heavy atom. The van der Waals surface area contributed by atoms with Crippen molar-refractivity contribution in [1.82, 2.24) is 30.0 Å². The number of amides is 2. The Hall–Kier alpha value is -4.49. The second kappa shape index (κ2) is 9.92. The molecule has 202 valence electrons. The molecule has 5 aromatic rings. The number of carbonyl (C=O) groups is 2. The first-order valence-electron chi connectivity index (χ1n) is 12.4. The fourth-order valence-electron chi connectivity index (χ4n) is 4.79. The number of anilines is 2. The number of hydrogen-bond acceptors (Lipinski definition) is 10. The molecule has 1 aromatic carbocycles. The third kappa shape index (κ3) is 4.73. The van der Waals surface area contributed by atoms with Gasteiger partial charge in [0.2, 0.25) is 10.9 Å². The van der Waals surface area contributed by atoms with Gasteiger partial charge in [0.1, 0.15) is 28.4 Å². The highest BCUT2D eigenvalue weighted by Crippen LogP contribution is 2.39. The van der Waals surface area contributed by atoms with Gasteiger partial charge in [-0.3, -0.25) is 19.0 Å². The molecule has 2 amide bonds. The Kier molecular flexibility index (Phi) is 6.39. The summed E-state index contributed by atoms with van der Waals surface area (Å²) in [4.78, 5) is 49.4. The highest BCUT2D eigenvalue weighted by Gasteiger charge is 2.43. The van der Waals surface area contributed by atoms with Gasteiger partial charge in [-0.1, -0.05) is 55.5 Å². The van der Waals surface area contributed by atoms with E-state index in [1.165, 1.54) is 22.1 Å². The summed E-state index contributed by atoms with van der Waals surface area (Å²) in [5.74, 6) is 0.0526. The molecule has 0 saturated carbocycles. The molecule has 0 bridgehead atoms. The first kappa shape index (κ1) is 25.8. The van der Waals surface area contributed by atoms with Crippen molar-refractivity contribution < 1.29 is 9.59 Å². The number of carbonyl (C=O) groups excluding carboxylic acids is 2. The number of nitrogens with zero attached hydrogens (tertiary/aromatic N) is 5. The zero-order valence-electron chi connectivity index (χ0n) is 21.5. The van der Waals surface area contributed by atoms with E-state index in [2.05, 4.69) is 30.8 Å². The van der Waals surface area contributed by atoms with E-state index < -0.39 is 22.9 Å². The lowest BCUT2D eigenvalue weighted by molar-refractivity contribution is -0.124.